The van der Waals surface area contributed by atoms with Gasteiger partial charge in [0.05, 0.1) is 17.1 Å². The Labute approximate surface area is 206 Å². The number of epoxide rings is 1. The Morgan fingerprint density at radius 3 is 2.43 bits per heavy atom. The molecule has 7 nitrogen and oxygen atoms in total. The molecule has 5 aliphatic carbocycles. The van der Waals surface area contributed by atoms with Gasteiger partial charge in [-0.15, -0.1) is 0 Å². The maximum Gasteiger partial charge on any atom is 0.338 e. The largest absolute Gasteiger partial charge is 0.460 e. The lowest BCUT2D eigenvalue weighted by Gasteiger charge is -2.60. The SMILES string of the molecule is CC1(O)C(=O)OC2CC([C@]3(O)CCC4[C@@H]5C[C@@H]6O[C@]67[C@@H](O)C=CC(=O)[C@]7(C)C5CC[C@@]43C)C1(C)C2. The highest BCUT2D eigenvalue weighted by molar-refractivity contribution is 5.98. The van der Waals surface area contributed by atoms with Crippen LogP contribution in [0.2, 0.25) is 0 Å². The van der Waals surface area contributed by atoms with Crippen molar-refractivity contribution in [1.29, 1.82) is 0 Å². The first kappa shape index (κ1) is 22.9. The standard InChI is InChI=1S/C28H38O7/c1-23-9-7-17-15(12-21-28(35-21)20(30)6-5-19(29)25(17,28)3)16(23)8-10-27(23,33)18-11-14-13-24(18,2)26(4,32)22(31)34-14/h5-6,14-18,20-21,30,32-33H,7-13H2,1-4H3/t14?,15-,16?,17?,18?,20-,21-,23-,24?,25-,26?,27+,28+/m0/s1. The number of carbonyl (C=O) groups excluding carboxylic acids is 2. The minimum absolute atomic E-state index is 0.0562. The summed E-state index contributed by atoms with van der Waals surface area (Å²) in [5.41, 5.74) is -5.36. The van der Waals surface area contributed by atoms with E-state index in [0.717, 1.165) is 25.7 Å². The molecule has 0 aromatic carbocycles. The van der Waals surface area contributed by atoms with Crippen LogP contribution in [0.3, 0.4) is 0 Å². The quantitative estimate of drug-likeness (QED) is 0.385. The zero-order chi connectivity index (χ0) is 25.0. The van der Waals surface area contributed by atoms with Gasteiger partial charge in [0.15, 0.2) is 11.4 Å². The Morgan fingerprint density at radius 2 is 1.69 bits per heavy atom. The molecule has 0 aromatic heterocycles. The fourth-order valence-corrected chi connectivity index (χ4v) is 10.9. The summed E-state index contributed by atoms with van der Waals surface area (Å²) in [4.78, 5) is 26.0. The smallest absolute Gasteiger partial charge is 0.338 e. The molecule has 7 heteroatoms. The molecule has 35 heavy (non-hydrogen) atoms. The van der Waals surface area contributed by atoms with Crippen LogP contribution in [0.15, 0.2) is 12.2 Å². The number of aliphatic hydroxyl groups is 3. The van der Waals surface area contributed by atoms with Gasteiger partial charge in [0.25, 0.3) is 0 Å². The third-order valence-corrected chi connectivity index (χ3v) is 13.1. The number of aliphatic hydroxyl groups excluding tert-OH is 1. The van der Waals surface area contributed by atoms with Crippen LogP contribution in [0, 0.1) is 39.9 Å². The van der Waals surface area contributed by atoms with Gasteiger partial charge in [-0.2, -0.15) is 0 Å². The van der Waals surface area contributed by atoms with Crippen LogP contribution >= 0.6 is 0 Å². The molecule has 0 amide bonds. The number of rotatable bonds is 1. The molecule has 2 bridgehead atoms. The number of carbonyl (C=O) groups is 2. The van der Waals surface area contributed by atoms with Crippen LogP contribution in [0.5, 0.6) is 0 Å². The van der Waals surface area contributed by atoms with Crippen LogP contribution < -0.4 is 0 Å². The van der Waals surface area contributed by atoms with Crippen LogP contribution in [-0.2, 0) is 19.1 Å². The average Bonchev–Trinajstić information content (AvgIpc) is 3.35. The number of allylic oxidation sites excluding steroid dienone is 1. The Bertz CT molecular complexity index is 1070. The van der Waals surface area contributed by atoms with Gasteiger partial charge < -0.3 is 24.8 Å². The molecule has 2 saturated heterocycles. The summed E-state index contributed by atoms with van der Waals surface area (Å²) >= 11 is 0. The summed E-state index contributed by atoms with van der Waals surface area (Å²) in [6.45, 7) is 7.72. The summed E-state index contributed by atoms with van der Waals surface area (Å²) in [5, 5.41) is 34.8. The maximum atomic E-state index is 13.4. The summed E-state index contributed by atoms with van der Waals surface area (Å²) < 4.78 is 11.8. The van der Waals surface area contributed by atoms with E-state index in [-0.39, 0.29) is 41.7 Å². The van der Waals surface area contributed by atoms with Gasteiger partial charge in [0.1, 0.15) is 17.8 Å². The minimum Gasteiger partial charge on any atom is -0.460 e. The second kappa shape index (κ2) is 6.23. The molecule has 0 radical (unpaired) electrons. The first-order valence-electron chi connectivity index (χ1n) is 13.5. The van der Waals surface area contributed by atoms with Crippen molar-refractivity contribution in [3.05, 3.63) is 12.2 Å². The molecule has 2 aliphatic heterocycles. The fourth-order valence-electron chi connectivity index (χ4n) is 10.9. The van der Waals surface area contributed by atoms with Gasteiger partial charge in [0.2, 0.25) is 0 Å². The molecule has 1 spiro atoms. The molecule has 4 saturated carbocycles. The molecule has 7 aliphatic rings. The summed E-state index contributed by atoms with van der Waals surface area (Å²) in [6, 6.07) is 0. The first-order chi connectivity index (χ1) is 16.3. The molecular weight excluding hydrogens is 448 g/mol. The second-order valence-corrected chi connectivity index (χ2v) is 13.8. The Morgan fingerprint density at radius 1 is 0.971 bits per heavy atom. The number of hydrogen-bond acceptors (Lipinski definition) is 7. The van der Waals surface area contributed by atoms with Crippen molar-refractivity contribution in [2.24, 2.45) is 39.9 Å². The van der Waals surface area contributed by atoms with E-state index in [0.29, 0.717) is 19.3 Å². The zero-order valence-electron chi connectivity index (χ0n) is 21.1. The number of fused-ring (bicyclic) bond motifs is 6. The number of esters is 1. The summed E-state index contributed by atoms with van der Waals surface area (Å²) in [7, 11) is 0. The van der Waals surface area contributed by atoms with Gasteiger partial charge in [-0.1, -0.05) is 13.8 Å². The molecule has 192 valence electrons. The average molecular weight is 487 g/mol. The van der Waals surface area contributed by atoms with E-state index in [4.69, 9.17) is 9.47 Å². The van der Waals surface area contributed by atoms with Gasteiger partial charge >= 0.3 is 5.97 Å². The highest BCUT2D eigenvalue weighted by Crippen LogP contribution is 2.75. The Balaban J connectivity index is 1.27. The van der Waals surface area contributed by atoms with Crippen molar-refractivity contribution in [2.45, 2.75) is 108 Å². The highest BCUT2D eigenvalue weighted by Gasteiger charge is 2.81. The maximum absolute atomic E-state index is 13.4. The van der Waals surface area contributed by atoms with Crippen molar-refractivity contribution < 1.29 is 34.4 Å². The molecule has 7 rings (SSSR count). The van der Waals surface area contributed by atoms with E-state index in [1.807, 2.05) is 13.8 Å². The molecule has 3 N–H and O–H groups in total. The van der Waals surface area contributed by atoms with Gasteiger partial charge in [0, 0.05) is 11.3 Å². The van der Waals surface area contributed by atoms with E-state index >= 15 is 0 Å². The second-order valence-electron chi connectivity index (χ2n) is 13.8. The van der Waals surface area contributed by atoms with Crippen molar-refractivity contribution in [1.82, 2.24) is 0 Å². The fraction of sp³-hybridized carbons (Fsp3) is 0.857. The Kier molecular flexibility index (Phi) is 4.07. The highest BCUT2D eigenvalue weighted by atomic mass is 16.6. The normalized spacial score (nSPS) is 64.1. The lowest BCUT2D eigenvalue weighted by molar-refractivity contribution is -0.217. The number of ether oxygens (including phenoxy) is 2. The van der Waals surface area contributed by atoms with Crippen LogP contribution in [0.25, 0.3) is 0 Å². The van der Waals surface area contributed by atoms with E-state index in [2.05, 4.69) is 6.92 Å². The zero-order valence-corrected chi connectivity index (χ0v) is 21.1. The summed E-state index contributed by atoms with van der Waals surface area (Å²) in [5.74, 6) is -0.226. The third-order valence-electron chi connectivity index (χ3n) is 13.1. The van der Waals surface area contributed by atoms with Crippen LogP contribution in [0.4, 0.5) is 0 Å². The third kappa shape index (κ3) is 2.19. The van der Waals surface area contributed by atoms with Crippen molar-refractivity contribution in [3.8, 4) is 0 Å². The summed E-state index contributed by atoms with van der Waals surface area (Å²) in [6.07, 6.45) is 6.98. The van der Waals surface area contributed by atoms with Crippen molar-refractivity contribution in [2.75, 3.05) is 0 Å². The topological polar surface area (TPSA) is 117 Å². The van der Waals surface area contributed by atoms with E-state index in [9.17, 15) is 24.9 Å². The van der Waals surface area contributed by atoms with Gasteiger partial charge in [-0.3, -0.25) is 4.79 Å². The lowest BCUT2D eigenvalue weighted by Crippen LogP contribution is -2.66. The van der Waals surface area contributed by atoms with E-state index < -0.39 is 45.1 Å². The van der Waals surface area contributed by atoms with Gasteiger partial charge in [-0.25, -0.2) is 4.79 Å². The molecular formula is C28H38O7. The molecule has 6 fully saturated rings. The van der Waals surface area contributed by atoms with E-state index in [1.165, 1.54) is 0 Å². The van der Waals surface area contributed by atoms with E-state index in [1.54, 1.807) is 19.1 Å². The van der Waals surface area contributed by atoms with Crippen LogP contribution in [0.1, 0.15) is 72.6 Å². The van der Waals surface area contributed by atoms with Crippen molar-refractivity contribution in [3.63, 3.8) is 0 Å². The number of ketones is 1. The molecule has 2 heterocycles. The molecule has 13 atom stereocenters. The van der Waals surface area contributed by atoms with Crippen molar-refractivity contribution >= 4 is 11.8 Å². The van der Waals surface area contributed by atoms with Gasteiger partial charge in [-0.05, 0) is 94.1 Å². The van der Waals surface area contributed by atoms with Crippen LogP contribution in [-0.4, -0.2) is 62.2 Å². The monoisotopic (exact) mass is 486 g/mol. The minimum atomic E-state index is -1.64. The predicted octanol–water partition coefficient (Wildman–Crippen LogP) is 2.30. The predicted molar refractivity (Wildman–Crippen MR) is 124 cm³/mol. The Hall–Kier alpha value is -1.28. The molecule has 6 unspecified atom stereocenters. The lowest BCUT2D eigenvalue weighted by atomic mass is 9.43. The number of hydrogen-bond donors (Lipinski definition) is 3. The molecule has 0 aromatic rings. The first-order valence-corrected chi connectivity index (χ1v) is 13.5.